The first-order valence-electron chi connectivity index (χ1n) is 11.1. The number of hydrogen-bond acceptors (Lipinski definition) is 2. The molecule has 0 radical (unpaired) electrons. The van der Waals surface area contributed by atoms with E-state index >= 15 is 0 Å². The molecule has 0 fully saturated rings. The first-order valence-corrected chi connectivity index (χ1v) is 11.8. The smallest absolute Gasteiger partial charge is 0.243 e. The lowest BCUT2D eigenvalue weighted by molar-refractivity contribution is -0.140. The lowest BCUT2D eigenvalue weighted by Crippen LogP contribution is -2.51. The zero-order valence-corrected chi connectivity index (χ0v) is 20.1. The predicted octanol–water partition coefficient (Wildman–Crippen LogP) is 5.70. The van der Waals surface area contributed by atoms with Gasteiger partial charge in [-0.3, -0.25) is 9.59 Å². The number of carbonyl (C=O) groups is 2. The summed E-state index contributed by atoms with van der Waals surface area (Å²) in [5, 5.41) is 4.10. The van der Waals surface area contributed by atoms with Crippen molar-refractivity contribution in [2.45, 2.75) is 38.8 Å². The zero-order chi connectivity index (χ0) is 23.6. The molecule has 0 saturated carbocycles. The molecule has 0 saturated heterocycles. The molecule has 4 nitrogen and oxygen atoms in total. The molecular formula is C27H28Cl2N2O2. The van der Waals surface area contributed by atoms with Crippen molar-refractivity contribution >= 4 is 35.0 Å². The normalized spacial score (nSPS) is 11.6. The molecule has 33 heavy (non-hydrogen) atoms. The van der Waals surface area contributed by atoms with E-state index in [4.69, 9.17) is 23.2 Å². The maximum Gasteiger partial charge on any atom is 0.243 e. The largest absolute Gasteiger partial charge is 0.354 e. The molecule has 3 rings (SSSR count). The van der Waals surface area contributed by atoms with Crippen LogP contribution in [0.3, 0.4) is 0 Å². The van der Waals surface area contributed by atoms with E-state index in [2.05, 4.69) is 5.32 Å². The minimum atomic E-state index is -0.679. The van der Waals surface area contributed by atoms with Crippen LogP contribution in [-0.4, -0.2) is 29.3 Å². The zero-order valence-electron chi connectivity index (χ0n) is 18.6. The topological polar surface area (TPSA) is 49.4 Å². The molecule has 0 spiro atoms. The highest BCUT2D eigenvalue weighted by atomic mass is 35.5. The number of halogens is 2. The lowest BCUT2D eigenvalue weighted by Gasteiger charge is -2.32. The van der Waals surface area contributed by atoms with Crippen LogP contribution in [0.25, 0.3) is 0 Å². The number of benzene rings is 3. The summed E-state index contributed by atoms with van der Waals surface area (Å²) in [4.78, 5) is 28.5. The van der Waals surface area contributed by atoms with Crippen LogP contribution in [0.5, 0.6) is 0 Å². The Morgan fingerprint density at radius 2 is 1.61 bits per heavy atom. The van der Waals surface area contributed by atoms with Crippen molar-refractivity contribution in [2.75, 3.05) is 6.54 Å². The molecule has 0 aromatic heterocycles. The molecule has 0 heterocycles. The summed E-state index contributed by atoms with van der Waals surface area (Å²) in [6.07, 6.45) is 1.35. The SMILES string of the molecule is CCCNC(=O)C(Cc1ccccc1)N(Cc1ccccc1Cl)C(=O)Cc1cccc(Cl)c1. The Morgan fingerprint density at radius 3 is 2.30 bits per heavy atom. The van der Waals surface area contributed by atoms with E-state index in [0.717, 1.165) is 23.1 Å². The average molecular weight is 483 g/mol. The summed E-state index contributed by atoms with van der Waals surface area (Å²) < 4.78 is 0. The Bertz CT molecular complexity index is 1070. The third-order valence-electron chi connectivity index (χ3n) is 5.36. The third-order valence-corrected chi connectivity index (χ3v) is 5.97. The predicted molar refractivity (Wildman–Crippen MR) is 134 cm³/mol. The molecule has 3 aromatic rings. The Labute approximate surface area is 205 Å². The fourth-order valence-corrected chi connectivity index (χ4v) is 4.06. The minimum absolute atomic E-state index is 0.136. The first kappa shape index (κ1) is 24.8. The maximum absolute atomic E-state index is 13.6. The van der Waals surface area contributed by atoms with E-state index in [0.29, 0.717) is 23.0 Å². The number of rotatable bonds is 10. The van der Waals surface area contributed by atoms with Gasteiger partial charge >= 0.3 is 0 Å². The van der Waals surface area contributed by atoms with E-state index < -0.39 is 6.04 Å². The lowest BCUT2D eigenvalue weighted by atomic mass is 10.0. The van der Waals surface area contributed by atoms with Gasteiger partial charge in [0.15, 0.2) is 0 Å². The number of hydrogen-bond donors (Lipinski definition) is 1. The van der Waals surface area contributed by atoms with E-state index in [1.807, 2.05) is 67.6 Å². The number of nitrogens with zero attached hydrogens (tertiary/aromatic N) is 1. The van der Waals surface area contributed by atoms with Crippen molar-refractivity contribution in [1.82, 2.24) is 10.2 Å². The molecule has 172 valence electrons. The van der Waals surface area contributed by atoms with Crippen molar-refractivity contribution in [2.24, 2.45) is 0 Å². The second-order valence-electron chi connectivity index (χ2n) is 7.92. The summed E-state index contributed by atoms with van der Waals surface area (Å²) in [7, 11) is 0. The molecule has 2 amide bonds. The van der Waals surface area contributed by atoms with Gasteiger partial charge in [0.05, 0.1) is 6.42 Å². The summed E-state index contributed by atoms with van der Waals surface area (Å²) in [5.41, 5.74) is 2.57. The third kappa shape index (κ3) is 7.34. The second-order valence-corrected chi connectivity index (χ2v) is 8.76. The molecule has 1 atom stereocenters. The van der Waals surface area contributed by atoms with Crippen LogP contribution in [0, 0.1) is 0 Å². The van der Waals surface area contributed by atoms with Crippen LogP contribution >= 0.6 is 23.2 Å². The van der Waals surface area contributed by atoms with Gasteiger partial charge in [-0.05, 0) is 41.3 Å². The molecule has 0 bridgehead atoms. The van der Waals surface area contributed by atoms with E-state index in [9.17, 15) is 9.59 Å². The van der Waals surface area contributed by atoms with Crippen LogP contribution in [0.1, 0.15) is 30.0 Å². The van der Waals surface area contributed by atoms with E-state index in [1.165, 1.54) is 0 Å². The summed E-state index contributed by atoms with van der Waals surface area (Å²) in [6.45, 7) is 2.78. The van der Waals surface area contributed by atoms with Crippen molar-refractivity contribution in [1.29, 1.82) is 0 Å². The maximum atomic E-state index is 13.6. The second kappa shape index (κ2) is 12.4. The van der Waals surface area contributed by atoms with Crippen molar-refractivity contribution < 1.29 is 9.59 Å². The molecule has 0 aliphatic heterocycles. The highest BCUT2D eigenvalue weighted by Gasteiger charge is 2.30. The van der Waals surface area contributed by atoms with Crippen LogP contribution in [0.4, 0.5) is 0 Å². The highest BCUT2D eigenvalue weighted by molar-refractivity contribution is 6.31. The van der Waals surface area contributed by atoms with Gasteiger partial charge in [0.2, 0.25) is 11.8 Å². The quantitative estimate of drug-likeness (QED) is 0.402. The number of nitrogens with one attached hydrogen (secondary N) is 1. The van der Waals surface area contributed by atoms with Gasteiger partial charge in [0.25, 0.3) is 0 Å². The van der Waals surface area contributed by atoms with Crippen LogP contribution in [0.2, 0.25) is 10.0 Å². The Kier molecular flexibility index (Phi) is 9.35. The standard InChI is InChI=1S/C27H28Cl2N2O2/c1-2-15-30-27(33)25(17-20-9-4-3-5-10-20)31(19-22-12-6-7-14-24(22)29)26(32)18-21-11-8-13-23(28)16-21/h3-14,16,25H,2,15,17-19H2,1H3,(H,30,33). The van der Waals surface area contributed by atoms with Crippen molar-refractivity contribution in [3.8, 4) is 0 Å². The monoisotopic (exact) mass is 482 g/mol. The van der Waals surface area contributed by atoms with E-state index in [-0.39, 0.29) is 24.8 Å². The van der Waals surface area contributed by atoms with Gasteiger partial charge in [-0.15, -0.1) is 0 Å². The number of carbonyl (C=O) groups excluding carboxylic acids is 2. The summed E-state index contributed by atoms with van der Waals surface area (Å²) >= 11 is 12.6. The minimum Gasteiger partial charge on any atom is -0.354 e. The van der Waals surface area contributed by atoms with Crippen LogP contribution in [0.15, 0.2) is 78.9 Å². The fourth-order valence-electron chi connectivity index (χ4n) is 3.65. The van der Waals surface area contributed by atoms with Gasteiger partial charge in [-0.2, -0.15) is 0 Å². The first-order chi connectivity index (χ1) is 16.0. The van der Waals surface area contributed by atoms with Gasteiger partial charge in [0.1, 0.15) is 6.04 Å². The van der Waals surface area contributed by atoms with Gasteiger partial charge < -0.3 is 10.2 Å². The molecular weight excluding hydrogens is 455 g/mol. The van der Waals surface area contributed by atoms with Crippen molar-refractivity contribution in [3.63, 3.8) is 0 Å². The fraction of sp³-hybridized carbons (Fsp3) is 0.259. The highest BCUT2D eigenvalue weighted by Crippen LogP contribution is 2.22. The Balaban J connectivity index is 1.96. The van der Waals surface area contributed by atoms with Crippen LogP contribution < -0.4 is 5.32 Å². The van der Waals surface area contributed by atoms with Gasteiger partial charge in [0, 0.05) is 29.6 Å². The molecule has 6 heteroatoms. The summed E-state index contributed by atoms with van der Waals surface area (Å²) in [5.74, 6) is -0.336. The number of amides is 2. The summed E-state index contributed by atoms with van der Waals surface area (Å²) in [6, 6.07) is 23.7. The van der Waals surface area contributed by atoms with Crippen molar-refractivity contribution in [3.05, 3.63) is 106 Å². The molecule has 0 aliphatic rings. The Hall–Kier alpha value is -2.82. The Morgan fingerprint density at radius 1 is 0.909 bits per heavy atom. The molecule has 1 N–H and O–H groups in total. The van der Waals surface area contributed by atoms with E-state index in [1.54, 1.807) is 23.1 Å². The molecule has 0 aliphatic carbocycles. The van der Waals surface area contributed by atoms with Crippen LogP contribution in [-0.2, 0) is 29.0 Å². The average Bonchev–Trinajstić information content (AvgIpc) is 2.81. The molecule has 1 unspecified atom stereocenters. The van der Waals surface area contributed by atoms with Gasteiger partial charge in [-0.25, -0.2) is 0 Å². The van der Waals surface area contributed by atoms with Gasteiger partial charge in [-0.1, -0.05) is 90.8 Å². The molecule has 3 aromatic carbocycles.